The van der Waals surface area contributed by atoms with E-state index >= 15 is 0 Å². The van der Waals surface area contributed by atoms with E-state index < -0.39 is 17.6 Å². The molecule has 0 aliphatic heterocycles. The predicted octanol–water partition coefficient (Wildman–Crippen LogP) is 3.23. The normalized spacial score (nSPS) is 11.5. The van der Waals surface area contributed by atoms with E-state index in [1.165, 1.54) is 6.92 Å². The van der Waals surface area contributed by atoms with Gasteiger partial charge in [0, 0.05) is 5.71 Å². The number of hydrogen-bond acceptors (Lipinski definition) is 1. The summed E-state index contributed by atoms with van der Waals surface area (Å²) in [7, 11) is 0. The van der Waals surface area contributed by atoms with Gasteiger partial charge in [-0.25, -0.2) is 4.39 Å². The molecule has 1 nitrogen and oxygen atoms in total. The van der Waals surface area contributed by atoms with Crippen molar-refractivity contribution in [2.45, 2.75) is 13.1 Å². The molecule has 0 radical (unpaired) electrons. The summed E-state index contributed by atoms with van der Waals surface area (Å²) in [6.07, 6.45) is -4.68. The van der Waals surface area contributed by atoms with Crippen molar-refractivity contribution >= 4 is 5.71 Å². The summed E-state index contributed by atoms with van der Waals surface area (Å²) in [6, 6.07) is 2.43. The van der Waals surface area contributed by atoms with Gasteiger partial charge in [0.2, 0.25) is 0 Å². The Hall–Kier alpha value is -1.39. The summed E-state index contributed by atoms with van der Waals surface area (Å²) in [4.78, 5) is 0. The highest BCUT2D eigenvalue weighted by Crippen LogP contribution is 2.31. The molecule has 1 aromatic rings. The van der Waals surface area contributed by atoms with Crippen molar-refractivity contribution in [3.8, 4) is 0 Å². The molecule has 76 valence electrons. The van der Waals surface area contributed by atoms with Crippen LogP contribution in [0.5, 0.6) is 0 Å². The van der Waals surface area contributed by atoms with Gasteiger partial charge in [-0.05, 0) is 24.6 Å². The topological polar surface area (TPSA) is 23.9 Å². The van der Waals surface area contributed by atoms with Crippen LogP contribution in [0.1, 0.15) is 18.1 Å². The third kappa shape index (κ3) is 2.10. The fourth-order valence-electron chi connectivity index (χ4n) is 0.978. The largest absolute Gasteiger partial charge is 0.419 e. The van der Waals surface area contributed by atoms with Gasteiger partial charge in [-0.3, -0.25) is 0 Å². The molecule has 0 spiro atoms. The molecule has 5 heteroatoms. The minimum Gasteiger partial charge on any atom is -0.305 e. The van der Waals surface area contributed by atoms with E-state index in [0.717, 1.165) is 6.07 Å². The van der Waals surface area contributed by atoms with Crippen LogP contribution in [0.3, 0.4) is 0 Å². The van der Waals surface area contributed by atoms with E-state index in [9.17, 15) is 17.6 Å². The SMILES string of the molecule is CC(=N)c1ccc(C(F)(F)F)c(F)c1. The Bertz CT molecular complexity index is 368. The molecule has 1 N–H and O–H groups in total. The maximum atomic E-state index is 12.9. The second kappa shape index (κ2) is 3.40. The minimum atomic E-state index is -4.68. The molecule has 1 aromatic carbocycles. The second-order valence-electron chi connectivity index (χ2n) is 2.82. The molecule has 0 aliphatic rings. The van der Waals surface area contributed by atoms with Crippen LogP contribution in [0.2, 0.25) is 0 Å². The first kappa shape index (κ1) is 10.7. The lowest BCUT2D eigenvalue weighted by Gasteiger charge is -2.08. The molecule has 1 rings (SSSR count). The number of rotatable bonds is 1. The molecular formula is C9H7F4N. The molecule has 0 saturated heterocycles. The summed E-state index contributed by atoms with van der Waals surface area (Å²) in [6.45, 7) is 1.38. The van der Waals surface area contributed by atoms with Crippen molar-refractivity contribution < 1.29 is 17.6 Å². The molecule has 0 unspecified atom stereocenters. The summed E-state index contributed by atoms with van der Waals surface area (Å²) < 4.78 is 49.2. The Balaban J connectivity index is 3.21. The first-order valence-electron chi connectivity index (χ1n) is 3.74. The van der Waals surface area contributed by atoms with Gasteiger partial charge in [-0.15, -0.1) is 0 Å². The van der Waals surface area contributed by atoms with Gasteiger partial charge in [0.05, 0.1) is 5.56 Å². The third-order valence-corrected chi connectivity index (χ3v) is 1.71. The first-order chi connectivity index (χ1) is 6.32. The fraction of sp³-hybridized carbons (Fsp3) is 0.222. The molecular weight excluding hydrogens is 198 g/mol. The Kier molecular flexibility index (Phi) is 2.59. The van der Waals surface area contributed by atoms with Crippen LogP contribution in [0, 0.1) is 11.2 Å². The van der Waals surface area contributed by atoms with E-state index in [1.54, 1.807) is 0 Å². The highest BCUT2D eigenvalue weighted by Gasteiger charge is 2.33. The highest BCUT2D eigenvalue weighted by molar-refractivity contribution is 5.96. The van der Waals surface area contributed by atoms with Crippen molar-refractivity contribution in [2.24, 2.45) is 0 Å². The summed E-state index contributed by atoms with van der Waals surface area (Å²) in [5.74, 6) is -1.35. The Morgan fingerprint density at radius 1 is 1.29 bits per heavy atom. The van der Waals surface area contributed by atoms with E-state index in [1.807, 2.05) is 0 Å². The fourth-order valence-corrected chi connectivity index (χ4v) is 0.978. The van der Waals surface area contributed by atoms with E-state index in [0.29, 0.717) is 12.1 Å². The Labute approximate surface area is 77.9 Å². The van der Waals surface area contributed by atoms with Crippen LogP contribution in [0.4, 0.5) is 17.6 Å². The van der Waals surface area contributed by atoms with Crippen LogP contribution >= 0.6 is 0 Å². The zero-order valence-corrected chi connectivity index (χ0v) is 7.24. The summed E-state index contributed by atoms with van der Waals surface area (Å²) >= 11 is 0. The molecule has 0 fully saturated rings. The van der Waals surface area contributed by atoms with Crippen molar-refractivity contribution in [2.75, 3.05) is 0 Å². The van der Waals surface area contributed by atoms with Gasteiger partial charge < -0.3 is 5.41 Å². The maximum absolute atomic E-state index is 12.9. The number of nitrogens with one attached hydrogen (secondary N) is 1. The second-order valence-corrected chi connectivity index (χ2v) is 2.82. The lowest BCUT2D eigenvalue weighted by Crippen LogP contribution is -2.09. The van der Waals surface area contributed by atoms with Crippen molar-refractivity contribution in [1.82, 2.24) is 0 Å². The molecule has 14 heavy (non-hydrogen) atoms. The number of benzene rings is 1. The average Bonchev–Trinajstić information content (AvgIpc) is 2.01. The van der Waals surface area contributed by atoms with E-state index in [2.05, 4.69) is 0 Å². The van der Waals surface area contributed by atoms with Gasteiger partial charge in [0.15, 0.2) is 0 Å². The van der Waals surface area contributed by atoms with Gasteiger partial charge in [-0.2, -0.15) is 13.2 Å². The molecule has 0 saturated carbocycles. The number of alkyl halides is 3. The Morgan fingerprint density at radius 3 is 2.21 bits per heavy atom. The van der Waals surface area contributed by atoms with Crippen LogP contribution in [0.15, 0.2) is 18.2 Å². The molecule has 0 bridgehead atoms. The zero-order chi connectivity index (χ0) is 10.9. The lowest BCUT2D eigenvalue weighted by atomic mass is 10.1. The number of hydrogen-bond donors (Lipinski definition) is 1. The average molecular weight is 205 g/mol. The standard InChI is InChI=1S/C9H7F4N/c1-5(14)6-2-3-7(8(10)4-6)9(11,12)13/h2-4,14H,1H3. The molecule has 0 amide bonds. The van der Waals surface area contributed by atoms with Gasteiger partial charge in [0.1, 0.15) is 5.82 Å². The minimum absolute atomic E-state index is 0.0256. The maximum Gasteiger partial charge on any atom is 0.419 e. The van der Waals surface area contributed by atoms with Gasteiger partial charge >= 0.3 is 6.18 Å². The van der Waals surface area contributed by atoms with Crippen LogP contribution in [-0.4, -0.2) is 5.71 Å². The van der Waals surface area contributed by atoms with Crippen LogP contribution in [-0.2, 0) is 6.18 Å². The highest BCUT2D eigenvalue weighted by atomic mass is 19.4. The van der Waals surface area contributed by atoms with Crippen molar-refractivity contribution in [3.63, 3.8) is 0 Å². The van der Waals surface area contributed by atoms with E-state index in [4.69, 9.17) is 5.41 Å². The van der Waals surface area contributed by atoms with Crippen molar-refractivity contribution in [1.29, 1.82) is 5.41 Å². The monoisotopic (exact) mass is 205 g/mol. The van der Waals surface area contributed by atoms with E-state index in [-0.39, 0.29) is 11.3 Å². The number of halogens is 4. The lowest BCUT2D eigenvalue weighted by molar-refractivity contribution is -0.140. The quantitative estimate of drug-likeness (QED) is 0.537. The van der Waals surface area contributed by atoms with Gasteiger partial charge in [0.25, 0.3) is 0 Å². The summed E-state index contributed by atoms with van der Waals surface area (Å²) in [5.41, 5.74) is -1.13. The Morgan fingerprint density at radius 2 is 1.86 bits per heavy atom. The smallest absolute Gasteiger partial charge is 0.305 e. The predicted molar refractivity (Wildman–Crippen MR) is 43.9 cm³/mol. The third-order valence-electron chi connectivity index (χ3n) is 1.71. The molecule has 0 aromatic heterocycles. The molecule has 0 atom stereocenters. The molecule has 0 aliphatic carbocycles. The summed E-state index contributed by atoms with van der Waals surface area (Å²) in [5, 5.41) is 7.11. The van der Waals surface area contributed by atoms with Gasteiger partial charge in [-0.1, -0.05) is 6.07 Å². The van der Waals surface area contributed by atoms with Crippen molar-refractivity contribution in [3.05, 3.63) is 35.1 Å². The first-order valence-corrected chi connectivity index (χ1v) is 3.74. The zero-order valence-electron chi connectivity index (χ0n) is 7.24. The van der Waals surface area contributed by atoms with Crippen LogP contribution < -0.4 is 0 Å². The molecule has 0 heterocycles. The van der Waals surface area contributed by atoms with Crippen LogP contribution in [0.25, 0.3) is 0 Å².